The van der Waals surface area contributed by atoms with Gasteiger partial charge >= 0.3 is 0 Å². The molecule has 0 heterocycles. The van der Waals surface area contributed by atoms with Crippen LogP contribution in [-0.4, -0.2) is 0 Å². The summed E-state index contributed by atoms with van der Waals surface area (Å²) in [7, 11) is 0. The Labute approximate surface area is 131 Å². The summed E-state index contributed by atoms with van der Waals surface area (Å²) in [5, 5.41) is 0. The first-order valence-corrected chi connectivity index (χ1v) is 8.30. The molecule has 0 fully saturated rings. The van der Waals surface area contributed by atoms with E-state index in [1.807, 2.05) is 0 Å². The van der Waals surface area contributed by atoms with Crippen LogP contribution in [0.4, 0.5) is 0 Å². The van der Waals surface area contributed by atoms with Crippen LogP contribution in [0, 0.1) is 9.49 Å². The number of halogens is 2. The van der Waals surface area contributed by atoms with Crippen molar-refractivity contribution in [1.82, 2.24) is 0 Å². The summed E-state index contributed by atoms with van der Waals surface area (Å²) >= 11 is 4.95. The third kappa shape index (κ3) is 1.90. The lowest BCUT2D eigenvalue weighted by Crippen LogP contribution is -2.27. The van der Waals surface area contributed by atoms with Gasteiger partial charge in [-0.05, 0) is 102 Å². The van der Waals surface area contributed by atoms with Crippen LogP contribution < -0.4 is 0 Å². The van der Waals surface area contributed by atoms with Crippen molar-refractivity contribution in [1.29, 1.82) is 0 Å². The summed E-state index contributed by atoms with van der Waals surface area (Å²) in [5.41, 5.74) is 3.55. The zero-order chi connectivity index (χ0) is 12.2. The molecule has 0 spiro atoms. The molecule has 90 valence electrons. The van der Waals surface area contributed by atoms with E-state index in [4.69, 9.17) is 0 Å². The average Bonchev–Trinajstić information content (AvgIpc) is 2.49. The monoisotopic (exact) mass is 450 g/mol. The molecular formula is C15H16I2. The maximum atomic E-state index is 2.52. The smallest absolute Gasteiger partial charge is 0.0133 e. The van der Waals surface area contributed by atoms with Gasteiger partial charge in [0, 0.05) is 3.57 Å². The van der Waals surface area contributed by atoms with Crippen LogP contribution in [0.15, 0.2) is 27.9 Å². The minimum Gasteiger partial charge on any atom is -0.0746 e. The molecule has 17 heavy (non-hydrogen) atoms. The lowest BCUT2D eigenvalue weighted by molar-refractivity contribution is 0.296. The van der Waals surface area contributed by atoms with Crippen molar-refractivity contribution < 1.29 is 0 Å². The van der Waals surface area contributed by atoms with Crippen molar-refractivity contribution >= 4 is 45.2 Å². The second-order valence-electron chi connectivity index (χ2n) is 5.76. The number of hydrogen-bond donors (Lipinski definition) is 0. The van der Waals surface area contributed by atoms with E-state index in [1.54, 1.807) is 14.7 Å². The second-order valence-corrected chi connectivity index (χ2v) is 8.39. The Balaban J connectivity index is 2.14. The standard InChI is InChI=1S/C15H16I2/c1-15(2)13-7-9(16)3-5-11(13)12-6-4-10(17)8-14(12)15/h3-5,7,12,14H,6,8H2,1-2H3. The van der Waals surface area contributed by atoms with Gasteiger partial charge in [-0.3, -0.25) is 0 Å². The molecule has 3 rings (SSSR count). The Morgan fingerprint density at radius 3 is 2.76 bits per heavy atom. The molecule has 0 nitrogen and oxygen atoms in total. The third-order valence-corrected chi connectivity index (χ3v) is 6.08. The van der Waals surface area contributed by atoms with Crippen LogP contribution in [0.2, 0.25) is 0 Å². The Morgan fingerprint density at radius 1 is 1.24 bits per heavy atom. The third-order valence-electron chi connectivity index (χ3n) is 4.53. The zero-order valence-electron chi connectivity index (χ0n) is 10.1. The molecule has 1 aromatic rings. The van der Waals surface area contributed by atoms with Gasteiger partial charge in [0.15, 0.2) is 0 Å². The summed E-state index contributed by atoms with van der Waals surface area (Å²) in [5.74, 6) is 1.56. The first-order valence-electron chi connectivity index (χ1n) is 6.14. The van der Waals surface area contributed by atoms with Gasteiger partial charge in [0.2, 0.25) is 0 Å². The van der Waals surface area contributed by atoms with Gasteiger partial charge in [0.05, 0.1) is 0 Å². The minimum atomic E-state index is 0.339. The number of fused-ring (bicyclic) bond motifs is 3. The minimum absolute atomic E-state index is 0.339. The first kappa shape index (κ1) is 12.5. The van der Waals surface area contributed by atoms with E-state index >= 15 is 0 Å². The van der Waals surface area contributed by atoms with E-state index in [1.165, 1.54) is 16.4 Å². The highest BCUT2D eigenvalue weighted by Crippen LogP contribution is 2.56. The summed E-state index contributed by atoms with van der Waals surface area (Å²) in [6.45, 7) is 4.86. The Hall–Kier alpha value is 0.420. The molecule has 2 heteroatoms. The topological polar surface area (TPSA) is 0 Å². The quantitative estimate of drug-likeness (QED) is 0.465. The lowest BCUT2D eigenvalue weighted by atomic mass is 9.72. The van der Waals surface area contributed by atoms with Gasteiger partial charge in [-0.15, -0.1) is 0 Å². The van der Waals surface area contributed by atoms with Gasteiger partial charge in [-0.25, -0.2) is 0 Å². The van der Waals surface area contributed by atoms with Gasteiger partial charge < -0.3 is 0 Å². The van der Waals surface area contributed by atoms with Gasteiger partial charge in [0.1, 0.15) is 0 Å². The molecule has 2 aliphatic carbocycles. The van der Waals surface area contributed by atoms with E-state index in [0.29, 0.717) is 5.41 Å². The average molecular weight is 450 g/mol. The molecular weight excluding hydrogens is 434 g/mol. The predicted octanol–water partition coefficient (Wildman–Crippen LogP) is 5.39. The van der Waals surface area contributed by atoms with Crippen molar-refractivity contribution in [2.24, 2.45) is 5.92 Å². The van der Waals surface area contributed by atoms with E-state index in [-0.39, 0.29) is 0 Å². The van der Waals surface area contributed by atoms with Crippen LogP contribution >= 0.6 is 45.2 Å². The molecule has 2 aliphatic rings. The van der Waals surface area contributed by atoms with E-state index in [9.17, 15) is 0 Å². The number of benzene rings is 1. The highest BCUT2D eigenvalue weighted by molar-refractivity contribution is 14.1. The van der Waals surface area contributed by atoms with Crippen molar-refractivity contribution in [2.45, 2.75) is 38.0 Å². The maximum absolute atomic E-state index is 2.52. The van der Waals surface area contributed by atoms with Crippen LogP contribution in [0.1, 0.15) is 43.7 Å². The second kappa shape index (κ2) is 4.22. The van der Waals surface area contributed by atoms with Gasteiger partial charge in [-0.2, -0.15) is 0 Å². The number of hydrogen-bond acceptors (Lipinski definition) is 0. The van der Waals surface area contributed by atoms with Crippen LogP contribution in [-0.2, 0) is 5.41 Å². The van der Waals surface area contributed by atoms with Crippen LogP contribution in [0.5, 0.6) is 0 Å². The fourth-order valence-electron chi connectivity index (χ4n) is 3.57. The summed E-state index contributed by atoms with van der Waals surface area (Å²) in [6, 6.07) is 7.04. The fraction of sp³-hybridized carbons (Fsp3) is 0.467. The normalized spacial score (nSPS) is 29.5. The Morgan fingerprint density at radius 2 is 2.00 bits per heavy atom. The Bertz CT molecular complexity index is 500. The lowest BCUT2D eigenvalue weighted by Gasteiger charge is -2.33. The molecule has 0 N–H and O–H groups in total. The maximum Gasteiger partial charge on any atom is 0.0133 e. The molecule has 1 aromatic carbocycles. The summed E-state index contributed by atoms with van der Waals surface area (Å²) in [6.07, 6.45) is 4.94. The van der Waals surface area contributed by atoms with E-state index < -0.39 is 0 Å². The van der Waals surface area contributed by atoms with Gasteiger partial charge in [0.25, 0.3) is 0 Å². The molecule has 0 saturated heterocycles. The van der Waals surface area contributed by atoms with Crippen LogP contribution in [0.25, 0.3) is 0 Å². The zero-order valence-corrected chi connectivity index (χ0v) is 14.4. The largest absolute Gasteiger partial charge is 0.0746 e. The fourth-order valence-corrected chi connectivity index (χ4v) is 4.79. The summed E-state index contributed by atoms with van der Waals surface area (Å²) in [4.78, 5) is 0. The van der Waals surface area contributed by atoms with Crippen molar-refractivity contribution in [2.75, 3.05) is 0 Å². The first-order chi connectivity index (χ1) is 8.00. The van der Waals surface area contributed by atoms with Gasteiger partial charge in [-0.1, -0.05) is 26.0 Å². The predicted molar refractivity (Wildman–Crippen MR) is 89.8 cm³/mol. The molecule has 2 unspecified atom stereocenters. The van der Waals surface area contributed by atoms with Crippen LogP contribution in [0.3, 0.4) is 0 Å². The number of rotatable bonds is 0. The molecule has 0 radical (unpaired) electrons. The Kier molecular flexibility index (Phi) is 3.09. The molecule has 2 atom stereocenters. The van der Waals surface area contributed by atoms with Crippen molar-refractivity contribution in [3.8, 4) is 0 Å². The highest BCUT2D eigenvalue weighted by atomic mass is 127. The van der Waals surface area contributed by atoms with Crippen molar-refractivity contribution in [3.05, 3.63) is 42.6 Å². The van der Waals surface area contributed by atoms with E-state index in [2.05, 4.69) is 83.3 Å². The van der Waals surface area contributed by atoms with E-state index in [0.717, 1.165) is 11.8 Å². The number of allylic oxidation sites excluding steroid dienone is 2. The van der Waals surface area contributed by atoms with Crippen molar-refractivity contribution in [3.63, 3.8) is 0 Å². The molecule has 0 saturated carbocycles. The molecule has 0 aliphatic heterocycles. The molecule has 0 amide bonds. The highest BCUT2D eigenvalue weighted by Gasteiger charge is 2.46. The molecule has 0 aromatic heterocycles. The SMILES string of the molecule is CC1(C)c2cc(I)ccc2C2CC=C(I)CC21. The summed E-state index contributed by atoms with van der Waals surface area (Å²) < 4.78 is 2.93. The molecule has 0 bridgehead atoms.